The molecule has 1 aromatic carbocycles. The second kappa shape index (κ2) is 11.5. The van der Waals surface area contributed by atoms with Gasteiger partial charge in [0.05, 0.1) is 0 Å². The molecule has 1 aliphatic heterocycles. The summed E-state index contributed by atoms with van der Waals surface area (Å²) in [7, 11) is 1.78. The van der Waals surface area contributed by atoms with E-state index in [-0.39, 0.29) is 30.1 Å². The zero-order valence-corrected chi connectivity index (χ0v) is 20.1. The number of nitrogens with one attached hydrogen (secondary N) is 2. The van der Waals surface area contributed by atoms with Gasteiger partial charge in [0, 0.05) is 33.2 Å². The van der Waals surface area contributed by atoms with Crippen molar-refractivity contribution < 1.29 is 9.53 Å². The summed E-state index contributed by atoms with van der Waals surface area (Å²) in [6.45, 7) is 10.8. The molecule has 1 aromatic rings. The molecule has 0 aromatic heterocycles. The maximum atomic E-state index is 12.3. The van der Waals surface area contributed by atoms with Crippen LogP contribution in [0, 0.1) is 12.8 Å². The molecule has 6 nitrogen and oxygen atoms in total. The number of amides is 1. The molecule has 2 N–H and O–H groups in total. The molecule has 2 rings (SSSR count). The summed E-state index contributed by atoms with van der Waals surface area (Å²) in [6.07, 6.45) is 1.89. The summed E-state index contributed by atoms with van der Waals surface area (Å²) >= 11 is 0. The van der Waals surface area contributed by atoms with Gasteiger partial charge in [-0.1, -0.05) is 24.3 Å². The van der Waals surface area contributed by atoms with Gasteiger partial charge in [0.2, 0.25) is 0 Å². The summed E-state index contributed by atoms with van der Waals surface area (Å²) in [5.74, 6) is 1.18. The van der Waals surface area contributed by atoms with Crippen molar-refractivity contribution in [3.8, 4) is 0 Å². The van der Waals surface area contributed by atoms with Gasteiger partial charge in [-0.2, -0.15) is 0 Å². The van der Waals surface area contributed by atoms with Crippen molar-refractivity contribution >= 4 is 36.0 Å². The summed E-state index contributed by atoms with van der Waals surface area (Å²) < 4.78 is 5.50. The molecule has 1 saturated heterocycles. The Hall–Kier alpha value is -1.51. The molecule has 158 valence electrons. The first kappa shape index (κ1) is 24.5. The predicted octanol–water partition coefficient (Wildman–Crippen LogP) is 3.93. The predicted molar refractivity (Wildman–Crippen MR) is 125 cm³/mol. The molecule has 1 heterocycles. The van der Waals surface area contributed by atoms with Gasteiger partial charge in [-0.3, -0.25) is 4.99 Å². The molecule has 0 aliphatic carbocycles. The number of aryl methyl sites for hydroxylation is 1. The third-order valence-electron chi connectivity index (χ3n) is 4.66. The average Bonchev–Trinajstić information content (AvgIpc) is 2.62. The first-order chi connectivity index (χ1) is 12.8. The van der Waals surface area contributed by atoms with Crippen LogP contribution in [0.1, 0.15) is 44.7 Å². The van der Waals surface area contributed by atoms with E-state index >= 15 is 0 Å². The number of nitrogens with zero attached hydrogens (tertiary/aromatic N) is 2. The van der Waals surface area contributed by atoms with E-state index in [1.165, 1.54) is 11.1 Å². The third kappa shape index (κ3) is 8.24. The molecule has 0 radical (unpaired) electrons. The average molecular weight is 502 g/mol. The maximum absolute atomic E-state index is 12.3. The number of halogens is 1. The zero-order valence-electron chi connectivity index (χ0n) is 17.7. The lowest BCUT2D eigenvalue weighted by Gasteiger charge is -2.34. The van der Waals surface area contributed by atoms with Gasteiger partial charge in [0.15, 0.2) is 5.96 Å². The maximum Gasteiger partial charge on any atom is 0.410 e. The van der Waals surface area contributed by atoms with Crippen molar-refractivity contribution in [2.24, 2.45) is 10.9 Å². The van der Waals surface area contributed by atoms with Gasteiger partial charge in [0.25, 0.3) is 0 Å². The highest BCUT2D eigenvalue weighted by molar-refractivity contribution is 14.0. The van der Waals surface area contributed by atoms with Crippen LogP contribution in [0.25, 0.3) is 0 Å². The van der Waals surface area contributed by atoms with Crippen molar-refractivity contribution in [1.29, 1.82) is 0 Å². The Balaban J connectivity index is 0.00000392. The van der Waals surface area contributed by atoms with Gasteiger partial charge in [-0.25, -0.2) is 4.79 Å². The number of ether oxygens (including phenoxy) is 1. The Labute approximate surface area is 186 Å². The Morgan fingerprint density at radius 3 is 2.64 bits per heavy atom. The number of rotatable bonds is 4. The fourth-order valence-corrected chi connectivity index (χ4v) is 3.17. The van der Waals surface area contributed by atoms with Crippen LogP contribution >= 0.6 is 24.0 Å². The summed E-state index contributed by atoms with van der Waals surface area (Å²) in [5.41, 5.74) is 2.07. The zero-order chi connectivity index (χ0) is 19.9. The van der Waals surface area contributed by atoms with Crippen LogP contribution in [-0.4, -0.2) is 49.2 Å². The molecule has 0 spiro atoms. The number of benzene rings is 1. The van der Waals surface area contributed by atoms with Crippen LogP contribution in [0.2, 0.25) is 0 Å². The van der Waals surface area contributed by atoms with Crippen LogP contribution in [0.15, 0.2) is 29.3 Å². The minimum absolute atomic E-state index is 0. The first-order valence-electron chi connectivity index (χ1n) is 9.75. The Bertz CT molecular complexity index is 658. The van der Waals surface area contributed by atoms with E-state index in [0.29, 0.717) is 5.92 Å². The molecule has 0 bridgehead atoms. The van der Waals surface area contributed by atoms with Crippen molar-refractivity contribution in [2.75, 3.05) is 26.7 Å². The summed E-state index contributed by atoms with van der Waals surface area (Å²) in [4.78, 5) is 18.4. The van der Waals surface area contributed by atoms with E-state index < -0.39 is 5.60 Å². The van der Waals surface area contributed by atoms with E-state index in [0.717, 1.165) is 45.0 Å². The number of hydrogen-bond acceptors (Lipinski definition) is 3. The van der Waals surface area contributed by atoms with Crippen LogP contribution in [0.5, 0.6) is 0 Å². The molecular formula is C21H35IN4O2. The lowest BCUT2D eigenvalue weighted by Crippen LogP contribution is -2.47. The highest BCUT2D eigenvalue weighted by Gasteiger charge is 2.27. The number of piperidine rings is 1. The molecule has 7 heteroatoms. The molecule has 1 unspecified atom stereocenters. The van der Waals surface area contributed by atoms with E-state index in [2.05, 4.69) is 34.7 Å². The number of hydrogen-bond donors (Lipinski definition) is 2. The molecule has 0 saturated carbocycles. The Morgan fingerprint density at radius 2 is 2.00 bits per heavy atom. The highest BCUT2D eigenvalue weighted by atomic mass is 127. The van der Waals surface area contributed by atoms with Crippen LogP contribution in [-0.2, 0) is 11.3 Å². The fourth-order valence-electron chi connectivity index (χ4n) is 3.17. The van der Waals surface area contributed by atoms with Crippen molar-refractivity contribution in [2.45, 2.75) is 52.7 Å². The highest BCUT2D eigenvalue weighted by Crippen LogP contribution is 2.18. The summed E-state index contributed by atoms with van der Waals surface area (Å²) in [5, 5.41) is 6.76. The monoisotopic (exact) mass is 502 g/mol. The van der Waals surface area contributed by atoms with E-state index in [1.54, 1.807) is 7.05 Å². The van der Waals surface area contributed by atoms with Gasteiger partial charge >= 0.3 is 6.09 Å². The molecule has 1 atom stereocenters. The van der Waals surface area contributed by atoms with Crippen LogP contribution in [0.3, 0.4) is 0 Å². The molecule has 1 aliphatic rings. The number of likely N-dealkylation sites (tertiary alicyclic amines) is 1. The lowest BCUT2D eigenvalue weighted by atomic mass is 9.98. The third-order valence-corrected chi connectivity index (χ3v) is 4.66. The van der Waals surface area contributed by atoms with Gasteiger partial charge < -0.3 is 20.3 Å². The van der Waals surface area contributed by atoms with Gasteiger partial charge in [0.1, 0.15) is 5.60 Å². The van der Waals surface area contributed by atoms with Gasteiger partial charge in [-0.15, -0.1) is 24.0 Å². The van der Waals surface area contributed by atoms with E-state index in [9.17, 15) is 4.79 Å². The fraction of sp³-hybridized carbons (Fsp3) is 0.619. The smallest absolute Gasteiger partial charge is 0.410 e. The number of aliphatic imine (C=N–C) groups is 1. The lowest BCUT2D eigenvalue weighted by molar-refractivity contribution is 0.0168. The van der Waals surface area contributed by atoms with E-state index in [4.69, 9.17) is 4.74 Å². The number of guanidine groups is 1. The largest absolute Gasteiger partial charge is 0.444 e. The van der Waals surface area contributed by atoms with Crippen molar-refractivity contribution in [3.05, 3.63) is 35.4 Å². The standard InChI is InChI=1S/C21H34N4O2.HI/c1-16-9-6-7-11-18(16)14-24-19(22-5)23-13-17-10-8-12-25(15-17)20(26)27-21(2,3)4;/h6-7,9,11,17H,8,10,12-15H2,1-5H3,(H2,22,23,24);1H. The second-order valence-corrected chi connectivity index (χ2v) is 8.17. The number of carbonyl (C=O) groups is 1. The van der Waals surface area contributed by atoms with Crippen molar-refractivity contribution in [1.82, 2.24) is 15.5 Å². The van der Waals surface area contributed by atoms with Gasteiger partial charge in [-0.05, 0) is 57.6 Å². The first-order valence-corrected chi connectivity index (χ1v) is 9.75. The molecule has 28 heavy (non-hydrogen) atoms. The number of carbonyl (C=O) groups excluding carboxylic acids is 1. The summed E-state index contributed by atoms with van der Waals surface area (Å²) in [6, 6.07) is 8.33. The Morgan fingerprint density at radius 1 is 1.29 bits per heavy atom. The SMILES string of the molecule is CN=C(NCc1ccccc1C)NCC1CCCN(C(=O)OC(C)(C)C)C1.I. The molecule has 1 amide bonds. The second-order valence-electron chi connectivity index (χ2n) is 8.17. The van der Waals surface area contributed by atoms with Crippen LogP contribution in [0.4, 0.5) is 4.79 Å². The topological polar surface area (TPSA) is 66.0 Å². The molecular weight excluding hydrogens is 467 g/mol. The minimum Gasteiger partial charge on any atom is -0.444 e. The molecule has 1 fully saturated rings. The Kier molecular flexibility index (Phi) is 10.1. The van der Waals surface area contributed by atoms with E-state index in [1.807, 2.05) is 37.8 Å². The normalized spacial score (nSPS) is 17.5. The minimum atomic E-state index is -0.455. The quantitative estimate of drug-likeness (QED) is 0.372. The van der Waals surface area contributed by atoms with Crippen LogP contribution < -0.4 is 10.6 Å². The van der Waals surface area contributed by atoms with Crippen molar-refractivity contribution in [3.63, 3.8) is 0 Å².